The molecule has 1 fully saturated rings. The van der Waals surface area contributed by atoms with Gasteiger partial charge in [0.1, 0.15) is 0 Å². The van der Waals surface area contributed by atoms with Crippen molar-refractivity contribution in [3.8, 4) is 0 Å². The normalized spacial score (nSPS) is 22.9. The average Bonchev–Trinajstić information content (AvgIpc) is 2.15. The number of likely N-dealkylation sites (tertiary alicyclic amines) is 1. The van der Waals surface area contributed by atoms with Gasteiger partial charge < -0.3 is 4.90 Å². The molecule has 1 nitrogen and oxygen atoms in total. The Balaban J connectivity index is 2.81. The van der Waals surface area contributed by atoms with Crippen LogP contribution in [0.25, 0.3) is 0 Å². The van der Waals surface area contributed by atoms with Crippen molar-refractivity contribution in [2.75, 3.05) is 6.54 Å². The molecule has 1 saturated heterocycles. The lowest BCUT2D eigenvalue weighted by Crippen LogP contribution is -2.53. The van der Waals surface area contributed by atoms with Gasteiger partial charge in [-0.15, -0.1) is 0 Å². The van der Waals surface area contributed by atoms with Crippen LogP contribution in [0.4, 0.5) is 0 Å². The van der Waals surface area contributed by atoms with E-state index in [1.54, 1.807) is 0 Å². The molecule has 0 aromatic rings. The van der Waals surface area contributed by atoms with Crippen LogP contribution in [0.3, 0.4) is 0 Å². The molecule has 0 bridgehead atoms. The van der Waals surface area contributed by atoms with Gasteiger partial charge in [0.15, 0.2) is 0 Å². The van der Waals surface area contributed by atoms with Crippen LogP contribution in [0.1, 0.15) is 47.5 Å². The van der Waals surface area contributed by atoms with Gasteiger partial charge in [-0.1, -0.05) is 59.8 Å². The van der Waals surface area contributed by atoms with E-state index in [-0.39, 0.29) is 5.41 Å². The molecule has 1 heteroatoms. The molecule has 1 unspecified atom stereocenters. The smallest absolute Gasteiger partial charge is 0.0545 e. The minimum Gasteiger partial charge on any atom is -0.367 e. The lowest BCUT2D eigenvalue weighted by molar-refractivity contribution is 0.0808. The van der Waals surface area contributed by atoms with Crippen molar-refractivity contribution in [2.24, 2.45) is 11.3 Å². The van der Waals surface area contributed by atoms with Crippen molar-refractivity contribution >= 4 is 0 Å². The maximum absolute atomic E-state index is 4.29. The third kappa shape index (κ3) is 2.50. The Morgan fingerprint density at radius 1 is 1.50 bits per heavy atom. The summed E-state index contributed by atoms with van der Waals surface area (Å²) < 4.78 is 0. The van der Waals surface area contributed by atoms with Crippen molar-refractivity contribution in [2.45, 2.75) is 53.5 Å². The van der Waals surface area contributed by atoms with Crippen LogP contribution in [0.15, 0.2) is 24.4 Å². The highest BCUT2D eigenvalue weighted by atomic mass is 15.2. The minimum absolute atomic E-state index is 0.245. The molecule has 2 atom stereocenters. The van der Waals surface area contributed by atoms with Crippen LogP contribution in [-0.2, 0) is 0 Å². The highest BCUT2D eigenvalue weighted by Gasteiger charge is 2.39. The van der Waals surface area contributed by atoms with Gasteiger partial charge in [-0.3, -0.25) is 0 Å². The monoisotopic (exact) mass is 221 g/mol. The Bertz CT molecular complexity index is 282. The summed E-state index contributed by atoms with van der Waals surface area (Å²) >= 11 is 0. The molecule has 0 aromatic carbocycles. The van der Waals surface area contributed by atoms with E-state index in [0.717, 1.165) is 13.0 Å². The molecule has 0 N–H and O–H groups in total. The predicted octanol–water partition coefficient (Wildman–Crippen LogP) is 4.22. The number of hydrogen-bond acceptors (Lipinski definition) is 1. The van der Waals surface area contributed by atoms with E-state index in [4.69, 9.17) is 0 Å². The topological polar surface area (TPSA) is 3.24 Å². The van der Waals surface area contributed by atoms with Gasteiger partial charge in [0, 0.05) is 18.2 Å². The fraction of sp³-hybridized carbons (Fsp3) is 0.733. The van der Waals surface area contributed by atoms with E-state index < -0.39 is 0 Å². The molecule has 1 aliphatic rings. The standard InChI is InChI=1S/C15H27N/c1-8-9-11(2)14(15(5,6)7)16-10-12(3)13(16)4/h12,14H,2,4,8-10H2,1,3,5-7H3/t12-,14?/m0/s1. The van der Waals surface area contributed by atoms with Crippen molar-refractivity contribution in [1.82, 2.24) is 4.90 Å². The summed E-state index contributed by atoms with van der Waals surface area (Å²) in [5, 5.41) is 0. The lowest BCUT2D eigenvalue weighted by atomic mass is 9.77. The molecule has 0 amide bonds. The molecule has 0 saturated carbocycles. The van der Waals surface area contributed by atoms with Crippen LogP contribution in [0, 0.1) is 11.3 Å². The largest absolute Gasteiger partial charge is 0.367 e. The molecule has 1 heterocycles. The minimum atomic E-state index is 0.245. The summed E-state index contributed by atoms with van der Waals surface area (Å²) in [4.78, 5) is 2.45. The Morgan fingerprint density at radius 2 is 2.06 bits per heavy atom. The molecule has 1 aliphatic heterocycles. The van der Waals surface area contributed by atoms with Gasteiger partial charge in [-0.2, -0.15) is 0 Å². The van der Waals surface area contributed by atoms with E-state index in [2.05, 4.69) is 52.7 Å². The van der Waals surface area contributed by atoms with Gasteiger partial charge >= 0.3 is 0 Å². The Morgan fingerprint density at radius 3 is 2.38 bits per heavy atom. The number of hydrogen-bond donors (Lipinski definition) is 0. The molecule has 16 heavy (non-hydrogen) atoms. The highest BCUT2D eigenvalue weighted by molar-refractivity contribution is 5.21. The molecular formula is C15H27N. The van der Waals surface area contributed by atoms with Crippen molar-refractivity contribution < 1.29 is 0 Å². The number of rotatable bonds is 4. The zero-order valence-electron chi connectivity index (χ0n) is 11.6. The van der Waals surface area contributed by atoms with E-state index >= 15 is 0 Å². The molecule has 0 radical (unpaired) electrons. The fourth-order valence-corrected chi connectivity index (χ4v) is 2.72. The third-order valence-electron chi connectivity index (χ3n) is 3.50. The maximum Gasteiger partial charge on any atom is 0.0545 e. The quantitative estimate of drug-likeness (QED) is 0.642. The Labute approximate surface area is 101 Å². The van der Waals surface area contributed by atoms with Gasteiger partial charge in [-0.05, 0) is 11.8 Å². The van der Waals surface area contributed by atoms with E-state index in [9.17, 15) is 0 Å². The summed E-state index contributed by atoms with van der Waals surface area (Å²) in [7, 11) is 0. The first-order valence-electron chi connectivity index (χ1n) is 6.42. The Hall–Kier alpha value is -0.720. The summed E-state index contributed by atoms with van der Waals surface area (Å²) in [5.74, 6) is 0.652. The van der Waals surface area contributed by atoms with E-state index in [1.165, 1.54) is 17.7 Å². The zero-order chi connectivity index (χ0) is 12.5. The van der Waals surface area contributed by atoms with Crippen molar-refractivity contribution in [1.29, 1.82) is 0 Å². The highest BCUT2D eigenvalue weighted by Crippen LogP contribution is 2.39. The predicted molar refractivity (Wildman–Crippen MR) is 72.3 cm³/mol. The van der Waals surface area contributed by atoms with Crippen LogP contribution < -0.4 is 0 Å². The molecular weight excluding hydrogens is 194 g/mol. The van der Waals surface area contributed by atoms with Crippen LogP contribution in [-0.4, -0.2) is 17.5 Å². The van der Waals surface area contributed by atoms with E-state index in [0.29, 0.717) is 12.0 Å². The molecule has 0 aromatic heterocycles. The van der Waals surface area contributed by atoms with Gasteiger partial charge in [0.2, 0.25) is 0 Å². The summed E-state index contributed by atoms with van der Waals surface area (Å²) in [6.45, 7) is 21.0. The Kier molecular flexibility index (Phi) is 3.88. The zero-order valence-corrected chi connectivity index (χ0v) is 11.6. The van der Waals surface area contributed by atoms with Gasteiger partial charge in [0.25, 0.3) is 0 Å². The third-order valence-corrected chi connectivity index (χ3v) is 3.50. The van der Waals surface area contributed by atoms with E-state index in [1.807, 2.05) is 0 Å². The van der Waals surface area contributed by atoms with Crippen LogP contribution in [0.5, 0.6) is 0 Å². The molecule has 92 valence electrons. The first kappa shape index (κ1) is 13.3. The van der Waals surface area contributed by atoms with Crippen molar-refractivity contribution in [3.05, 3.63) is 24.4 Å². The van der Waals surface area contributed by atoms with Crippen LogP contribution in [0.2, 0.25) is 0 Å². The molecule has 1 rings (SSSR count). The first-order valence-corrected chi connectivity index (χ1v) is 6.42. The maximum atomic E-state index is 4.29. The second-order valence-electron chi connectivity index (χ2n) is 6.22. The fourth-order valence-electron chi connectivity index (χ4n) is 2.72. The summed E-state index contributed by atoms with van der Waals surface area (Å²) in [6, 6.07) is 0.455. The first-order chi connectivity index (χ1) is 7.29. The SMILES string of the molecule is C=C(CCC)C(N1C[C@H](C)C1=C)C(C)(C)C. The van der Waals surface area contributed by atoms with Crippen LogP contribution >= 0.6 is 0 Å². The van der Waals surface area contributed by atoms with Gasteiger partial charge in [0.05, 0.1) is 6.04 Å². The second kappa shape index (κ2) is 4.65. The second-order valence-corrected chi connectivity index (χ2v) is 6.22. The lowest BCUT2D eigenvalue weighted by Gasteiger charge is -2.52. The molecule has 0 spiro atoms. The number of nitrogens with zero attached hydrogens (tertiary/aromatic N) is 1. The molecule has 0 aliphatic carbocycles. The summed E-state index contributed by atoms with van der Waals surface area (Å²) in [6.07, 6.45) is 2.31. The van der Waals surface area contributed by atoms with Crippen molar-refractivity contribution in [3.63, 3.8) is 0 Å². The van der Waals surface area contributed by atoms with Gasteiger partial charge in [-0.25, -0.2) is 0 Å². The summed E-state index contributed by atoms with van der Waals surface area (Å²) in [5.41, 5.74) is 2.90. The average molecular weight is 221 g/mol.